The van der Waals surface area contributed by atoms with Gasteiger partial charge in [-0.15, -0.1) is 0 Å². The first-order valence-electron chi connectivity index (χ1n) is 7.23. The van der Waals surface area contributed by atoms with Gasteiger partial charge in [0.25, 0.3) is 0 Å². The van der Waals surface area contributed by atoms with E-state index in [0.29, 0.717) is 37.2 Å². The lowest BCUT2D eigenvalue weighted by molar-refractivity contribution is -0.116. The molecule has 2 N–H and O–H groups in total. The molecule has 0 aliphatic heterocycles. The van der Waals surface area contributed by atoms with E-state index in [4.69, 9.17) is 9.47 Å². The Morgan fingerprint density at radius 3 is 2.76 bits per heavy atom. The predicted octanol–water partition coefficient (Wildman–Crippen LogP) is 1.82. The second kappa shape index (κ2) is 10.1. The zero-order valence-electron chi connectivity index (χ0n) is 13.0. The van der Waals surface area contributed by atoms with Crippen LogP contribution in [0.4, 0.5) is 5.69 Å². The smallest absolute Gasteiger partial charge is 0.224 e. The molecule has 0 fully saturated rings. The van der Waals surface area contributed by atoms with Crippen molar-refractivity contribution in [1.82, 2.24) is 10.3 Å². The lowest BCUT2D eigenvalue weighted by atomic mass is 10.2. The second-order valence-corrected chi connectivity index (χ2v) is 4.99. The Balaban J connectivity index is 2.26. The fraction of sp³-hybridized carbons (Fsp3) is 0.600. The Bertz CT molecular complexity index is 407. The van der Waals surface area contributed by atoms with Crippen LogP contribution < -0.4 is 15.4 Å². The van der Waals surface area contributed by atoms with Crippen LogP contribution in [-0.2, 0) is 9.53 Å². The van der Waals surface area contributed by atoms with Gasteiger partial charge < -0.3 is 20.1 Å². The molecule has 0 saturated carbocycles. The van der Waals surface area contributed by atoms with E-state index in [1.807, 2.05) is 0 Å². The number of carbonyl (C=O) groups is 1. The zero-order valence-corrected chi connectivity index (χ0v) is 13.0. The van der Waals surface area contributed by atoms with Crippen LogP contribution in [0.5, 0.6) is 5.88 Å². The van der Waals surface area contributed by atoms with Crippen molar-refractivity contribution in [2.75, 3.05) is 32.2 Å². The van der Waals surface area contributed by atoms with E-state index in [0.717, 1.165) is 13.0 Å². The average Bonchev–Trinajstić information content (AvgIpc) is 2.45. The van der Waals surface area contributed by atoms with Gasteiger partial charge in [-0.2, -0.15) is 0 Å². The fourth-order valence-electron chi connectivity index (χ4n) is 1.63. The summed E-state index contributed by atoms with van der Waals surface area (Å²) in [6, 6.07) is 3.95. The number of anilines is 1. The molecule has 1 aromatic rings. The summed E-state index contributed by atoms with van der Waals surface area (Å²) in [5.74, 6) is 0.515. The molecule has 0 radical (unpaired) electrons. The van der Waals surface area contributed by atoms with Crippen LogP contribution in [0.1, 0.15) is 26.7 Å². The van der Waals surface area contributed by atoms with Crippen LogP contribution in [0.25, 0.3) is 0 Å². The van der Waals surface area contributed by atoms with E-state index in [1.54, 1.807) is 25.4 Å². The maximum absolute atomic E-state index is 11.7. The van der Waals surface area contributed by atoms with Crippen LogP contribution in [0.15, 0.2) is 18.3 Å². The number of aromatic nitrogens is 1. The summed E-state index contributed by atoms with van der Waals surface area (Å²) in [4.78, 5) is 15.9. The molecular formula is C15H25N3O3. The fourth-order valence-corrected chi connectivity index (χ4v) is 1.63. The van der Waals surface area contributed by atoms with Gasteiger partial charge in [-0.1, -0.05) is 13.8 Å². The summed E-state index contributed by atoms with van der Waals surface area (Å²) in [7, 11) is 1.62. The quantitative estimate of drug-likeness (QED) is 0.644. The molecule has 0 aliphatic rings. The van der Waals surface area contributed by atoms with Gasteiger partial charge in [-0.3, -0.25) is 4.79 Å². The lowest BCUT2D eigenvalue weighted by Crippen LogP contribution is -2.24. The zero-order chi connectivity index (χ0) is 15.5. The van der Waals surface area contributed by atoms with Crippen molar-refractivity contribution >= 4 is 11.6 Å². The number of nitrogens with zero attached hydrogens (tertiary/aromatic N) is 1. The van der Waals surface area contributed by atoms with E-state index in [9.17, 15) is 4.79 Å². The molecule has 1 rings (SSSR count). The summed E-state index contributed by atoms with van der Waals surface area (Å²) < 4.78 is 10.2. The first kappa shape index (κ1) is 17.4. The van der Waals surface area contributed by atoms with Crippen LogP contribution in [0.3, 0.4) is 0 Å². The van der Waals surface area contributed by atoms with E-state index >= 15 is 0 Å². The van der Waals surface area contributed by atoms with E-state index in [2.05, 4.69) is 29.5 Å². The highest BCUT2D eigenvalue weighted by Gasteiger charge is 2.03. The van der Waals surface area contributed by atoms with Crippen LogP contribution in [0, 0.1) is 0 Å². The Hall–Kier alpha value is -1.66. The minimum Gasteiger partial charge on any atom is -0.475 e. The largest absolute Gasteiger partial charge is 0.475 e. The third kappa shape index (κ3) is 8.27. The van der Waals surface area contributed by atoms with Crippen molar-refractivity contribution in [2.24, 2.45) is 0 Å². The van der Waals surface area contributed by atoms with Crippen molar-refractivity contribution in [2.45, 2.75) is 32.7 Å². The van der Waals surface area contributed by atoms with Crippen molar-refractivity contribution < 1.29 is 14.3 Å². The van der Waals surface area contributed by atoms with Gasteiger partial charge >= 0.3 is 0 Å². The second-order valence-electron chi connectivity index (χ2n) is 4.99. The van der Waals surface area contributed by atoms with Gasteiger partial charge in [0.2, 0.25) is 11.8 Å². The number of ether oxygens (including phenoxy) is 2. The summed E-state index contributed by atoms with van der Waals surface area (Å²) in [6.07, 6.45) is 2.90. The monoisotopic (exact) mass is 295 g/mol. The van der Waals surface area contributed by atoms with Gasteiger partial charge in [-0.25, -0.2) is 4.98 Å². The molecule has 1 amide bonds. The van der Waals surface area contributed by atoms with E-state index in [-0.39, 0.29) is 5.91 Å². The Morgan fingerprint density at radius 2 is 2.14 bits per heavy atom. The van der Waals surface area contributed by atoms with Crippen LogP contribution in [-0.4, -0.2) is 43.8 Å². The number of hydrogen-bond donors (Lipinski definition) is 2. The van der Waals surface area contributed by atoms with Crippen molar-refractivity contribution in [3.63, 3.8) is 0 Å². The normalized spacial score (nSPS) is 10.7. The first-order valence-corrected chi connectivity index (χ1v) is 7.23. The van der Waals surface area contributed by atoms with Gasteiger partial charge in [0.05, 0.1) is 18.5 Å². The van der Waals surface area contributed by atoms with Crippen LogP contribution in [0.2, 0.25) is 0 Å². The molecule has 0 spiro atoms. The van der Waals surface area contributed by atoms with Gasteiger partial charge in [0.15, 0.2) is 0 Å². The Kier molecular flexibility index (Phi) is 8.38. The van der Waals surface area contributed by atoms with Crippen LogP contribution >= 0.6 is 0 Å². The number of amides is 1. The number of rotatable bonds is 10. The summed E-state index contributed by atoms with van der Waals surface area (Å²) in [6.45, 7) is 5.99. The summed E-state index contributed by atoms with van der Waals surface area (Å²) >= 11 is 0. The lowest BCUT2D eigenvalue weighted by Gasteiger charge is -2.09. The molecule has 1 aromatic heterocycles. The highest BCUT2D eigenvalue weighted by molar-refractivity contribution is 5.90. The molecule has 0 unspecified atom stereocenters. The van der Waals surface area contributed by atoms with Crippen molar-refractivity contribution in [3.05, 3.63) is 18.3 Å². The molecule has 21 heavy (non-hydrogen) atoms. The minimum atomic E-state index is -0.00425. The summed E-state index contributed by atoms with van der Waals surface area (Å²) in [5.41, 5.74) is 0.677. The highest BCUT2D eigenvalue weighted by Crippen LogP contribution is 2.12. The highest BCUT2D eigenvalue weighted by atomic mass is 16.5. The first-order chi connectivity index (χ1) is 10.1. The Labute approximate surface area is 126 Å². The molecule has 0 atom stereocenters. The van der Waals surface area contributed by atoms with Gasteiger partial charge in [0.1, 0.15) is 6.61 Å². The third-order valence-electron chi connectivity index (χ3n) is 2.69. The molecule has 0 aromatic carbocycles. The number of nitrogens with one attached hydrogen (secondary N) is 2. The molecule has 6 heteroatoms. The topological polar surface area (TPSA) is 72.5 Å². The van der Waals surface area contributed by atoms with E-state index in [1.165, 1.54) is 0 Å². The van der Waals surface area contributed by atoms with Crippen molar-refractivity contribution in [1.29, 1.82) is 0 Å². The standard InChI is InChI=1S/C15H25N3O3/c1-12(2)16-8-4-5-14(19)18-13-6-7-15(17-11-13)21-10-9-20-3/h6-7,11-12,16H,4-5,8-10H2,1-3H3,(H,18,19). The molecule has 0 saturated heterocycles. The minimum absolute atomic E-state index is 0.00425. The van der Waals surface area contributed by atoms with Crippen molar-refractivity contribution in [3.8, 4) is 5.88 Å². The number of hydrogen-bond acceptors (Lipinski definition) is 5. The SMILES string of the molecule is COCCOc1ccc(NC(=O)CCCNC(C)C)cn1. The molecule has 0 aliphatic carbocycles. The third-order valence-corrected chi connectivity index (χ3v) is 2.69. The maximum Gasteiger partial charge on any atom is 0.224 e. The molecule has 0 bridgehead atoms. The van der Waals surface area contributed by atoms with E-state index < -0.39 is 0 Å². The molecule has 118 valence electrons. The number of pyridine rings is 1. The number of methoxy groups -OCH3 is 1. The number of carbonyl (C=O) groups excluding carboxylic acids is 1. The molecule has 6 nitrogen and oxygen atoms in total. The van der Waals surface area contributed by atoms with Gasteiger partial charge in [-0.05, 0) is 19.0 Å². The average molecular weight is 295 g/mol. The molecule has 1 heterocycles. The predicted molar refractivity (Wildman–Crippen MR) is 82.6 cm³/mol. The molecular weight excluding hydrogens is 270 g/mol. The summed E-state index contributed by atoms with van der Waals surface area (Å²) in [5, 5.41) is 6.09. The maximum atomic E-state index is 11.7. The van der Waals surface area contributed by atoms with Gasteiger partial charge in [0, 0.05) is 25.6 Å². The Morgan fingerprint density at radius 1 is 1.33 bits per heavy atom.